The van der Waals surface area contributed by atoms with Crippen molar-refractivity contribution < 1.29 is 9.53 Å². The van der Waals surface area contributed by atoms with E-state index in [1.165, 1.54) is 0 Å². The lowest BCUT2D eigenvalue weighted by atomic mass is 10.2. The molecule has 1 aliphatic carbocycles. The number of primary amides is 1. The van der Waals surface area contributed by atoms with Crippen LogP contribution in [0.3, 0.4) is 0 Å². The Morgan fingerprint density at radius 1 is 1.80 bits per heavy atom. The standard InChI is InChI=1S/C7H11NO2/c1-2-3-7(4-5-7)10-6(8)9/h2H,1,3-5H2,(H2,8,9). The summed E-state index contributed by atoms with van der Waals surface area (Å²) in [5.74, 6) is 0. The van der Waals surface area contributed by atoms with Crippen molar-refractivity contribution in [2.24, 2.45) is 5.73 Å². The third-order valence-electron chi connectivity index (χ3n) is 1.64. The summed E-state index contributed by atoms with van der Waals surface area (Å²) in [6.07, 6.45) is 3.62. The number of nitrogens with two attached hydrogens (primary N) is 1. The second-order valence-electron chi connectivity index (χ2n) is 2.60. The topological polar surface area (TPSA) is 52.3 Å². The highest BCUT2D eigenvalue weighted by atomic mass is 16.6. The highest BCUT2D eigenvalue weighted by Crippen LogP contribution is 2.42. The predicted octanol–water partition coefficient (Wildman–Crippen LogP) is 1.19. The molecule has 0 heterocycles. The average molecular weight is 141 g/mol. The first kappa shape index (κ1) is 7.12. The number of carbonyl (C=O) groups is 1. The number of hydrogen-bond acceptors (Lipinski definition) is 2. The van der Waals surface area contributed by atoms with Gasteiger partial charge in [0.05, 0.1) is 0 Å². The summed E-state index contributed by atoms with van der Waals surface area (Å²) in [6.45, 7) is 3.56. The van der Waals surface area contributed by atoms with Gasteiger partial charge in [-0.15, -0.1) is 6.58 Å². The molecule has 3 heteroatoms. The Bertz CT molecular complexity index is 161. The molecule has 56 valence electrons. The van der Waals surface area contributed by atoms with E-state index in [0.717, 1.165) is 19.3 Å². The number of ether oxygens (including phenoxy) is 1. The smallest absolute Gasteiger partial charge is 0.405 e. The zero-order valence-corrected chi connectivity index (χ0v) is 5.80. The van der Waals surface area contributed by atoms with Crippen molar-refractivity contribution in [2.75, 3.05) is 0 Å². The van der Waals surface area contributed by atoms with Gasteiger partial charge in [-0.1, -0.05) is 6.08 Å². The van der Waals surface area contributed by atoms with E-state index in [1.54, 1.807) is 6.08 Å². The molecule has 0 aromatic heterocycles. The van der Waals surface area contributed by atoms with Gasteiger partial charge in [0.15, 0.2) is 0 Å². The molecule has 0 aromatic rings. The summed E-state index contributed by atoms with van der Waals surface area (Å²) in [5, 5.41) is 0. The molecule has 3 nitrogen and oxygen atoms in total. The first-order chi connectivity index (χ1) is 4.68. The quantitative estimate of drug-likeness (QED) is 0.600. The summed E-state index contributed by atoms with van der Waals surface area (Å²) in [5.41, 5.74) is 4.58. The lowest BCUT2D eigenvalue weighted by molar-refractivity contribution is 0.0928. The molecule has 2 N–H and O–H groups in total. The highest BCUT2D eigenvalue weighted by Gasteiger charge is 2.45. The predicted molar refractivity (Wildman–Crippen MR) is 37.4 cm³/mol. The van der Waals surface area contributed by atoms with Crippen LogP contribution in [0.5, 0.6) is 0 Å². The Hall–Kier alpha value is -0.990. The van der Waals surface area contributed by atoms with E-state index in [4.69, 9.17) is 10.5 Å². The molecule has 1 rings (SSSR count). The van der Waals surface area contributed by atoms with E-state index in [0.29, 0.717) is 0 Å². The van der Waals surface area contributed by atoms with Gasteiger partial charge >= 0.3 is 6.09 Å². The van der Waals surface area contributed by atoms with Crippen LogP contribution in [0.2, 0.25) is 0 Å². The SMILES string of the molecule is C=CCC1(OC(N)=O)CC1. The van der Waals surface area contributed by atoms with Gasteiger partial charge < -0.3 is 10.5 Å². The van der Waals surface area contributed by atoms with Gasteiger partial charge in [-0.25, -0.2) is 4.79 Å². The van der Waals surface area contributed by atoms with Gasteiger partial charge in [0.2, 0.25) is 0 Å². The van der Waals surface area contributed by atoms with Crippen LogP contribution in [0.1, 0.15) is 19.3 Å². The van der Waals surface area contributed by atoms with Gasteiger partial charge in [-0.2, -0.15) is 0 Å². The van der Waals surface area contributed by atoms with Gasteiger partial charge in [0, 0.05) is 6.42 Å². The summed E-state index contributed by atoms with van der Waals surface area (Å²) in [4.78, 5) is 10.3. The molecule has 0 radical (unpaired) electrons. The zero-order valence-electron chi connectivity index (χ0n) is 5.80. The first-order valence-corrected chi connectivity index (χ1v) is 3.28. The summed E-state index contributed by atoms with van der Waals surface area (Å²) in [7, 11) is 0. The summed E-state index contributed by atoms with van der Waals surface area (Å²) in [6, 6.07) is 0. The fourth-order valence-corrected chi connectivity index (χ4v) is 0.964. The van der Waals surface area contributed by atoms with Crippen LogP contribution in [0.15, 0.2) is 12.7 Å². The van der Waals surface area contributed by atoms with Crippen molar-refractivity contribution in [2.45, 2.75) is 24.9 Å². The zero-order chi connectivity index (χ0) is 7.61. The third-order valence-corrected chi connectivity index (χ3v) is 1.64. The number of rotatable bonds is 3. The van der Waals surface area contributed by atoms with Gasteiger partial charge in [0.25, 0.3) is 0 Å². The van der Waals surface area contributed by atoms with Crippen molar-refractivity contribution in [3.63, 3.8) is 0 Å². The minimum absolute atomic E-state index is 0.270. The lowest BCUT2D eigenvalue weighted by Crippen LogP contribution is -2.23. The summed E-state index contributed by atoms with van der Waals surface area (Å²) >= 11 is 0. The molecular formula is C7H11NO2. The molecular weight excluding hydrogens is 130 g/mol. The van der Waals surface area contributed by atoms with Crippen molar-refractivity contribution >= 4 is 6.09 Å². The Balaban J connectivity index is 2.37. The van der Waals surface area contributed by atoms with E-state index in [9.17, 15) is 4.79 Å². The molecule has 1 saturated carbocycles. The second kappa shape index (κ2) is 2.33. The van der Waals surface area contributed by atoms with Crippen LogP contribution in [0, 0.1) is 0 Å². The largest absolute Gasteiger partial charge is 0.443 e. The maximum atomic E-state index is 10.3. The number of hydrogen-bond donors (Lipinski definition) is 1. The Labute approximate surface area is 59.8 Å². The van der Waals surface area contributed by atoms with Crippen molar-refractivity contribution in [3.05, 3.63) is 12.7 Å². The van der Waals surface area contributed by atoms with Crippen LogP contribution in [-0.2, 0) is 4.74 Å². The van der Waals surface area contributed by atoms with E-state index in [1.807, 2.05) is 0 Å². The molecule has 0 bridgehead atoms. The Kier molecular flexibility index (Phi) is 1.66. The van der Waals surface area contributed by atoms with Gasteiger partial charge in [0.1, 0.15) is 5.60 Å². The van der Waals surface area contributed by atoms with Crippen LogP contribution in [-0.4, -0.2) is 11.7 Å². The maximum Gasteiger partial charge on any atom is 0.405 e. The number of carbonyl (C=O) groups excluding carboxylic acids is 1. The van der Waals surface area contributed by atoms with Crippen molar-refractivity contribution in [3.8, 4) is 0 Å². The van der Waals surface area contributed by atoms with Gasteiger partial charge in [-0.3, -0.25) is 0 Å². The molecule has 1 aliphatic rings. The molecule has 0 atom stereocenters. The fraction of sp³-hybridized carbons (Fsp3) is 0.571. The van der Waals surface area contributed by atoms with Gasteiger partial charge in [-0.05, 0) is 12.8 Å². The lowest BCUT2D eigenvalue weighted by Gasteiger charge is -2.11. The van der Waals surface area contributed by atoms with Crippen molar-refractivity contribution in [1.82, 2.24) is 0 Å². The van der Waals surface area contributed by atoms with Crippen LogP contribution >= 0.6 is 0 Å². The Morgan fingerprint density at radius 3 is 2.70 bits per heavy atom. The highest BCUT2D eigenvalue weighted by molar-refractivity contribution is 5.65. The summed E-state index contributed by atoms with van der Waals surface area (Å²) < 4.78 is 4.86. The molecule has 1 fully saturated rings. The second-order valence-corrected chi connectivity index (χ2v) is 2.60. The van der Waals surface area contributed by atoms with Crippen molar-refractivity contribution in [1.29, 1.82) is 0 Å². The minimum Gasteiger partial charge on any atom is -0.443 e. The fourth-order valence-electron chi connectivity index (χ4n) is 0.964. The molecule has 0 aromatic carbocycles. The third kappa shape index (κ3) is 1.50. The van der Waals surface area contributed by atoms with Crippen LogP contribution in [0.25, 0.3) is 0 Å². The van der Waals surface area contributed by atoms with E-state index < -0.39 is 6.09 Å². The molecule has 0 unspecified atom stereocenters. The number of amides is 1. The normalized spacial score (nSPS) is 19.6. The molecule has 0 saturated heterocycles. The molecule has 0 spiro atoms. The molecule has 1 amide bonds. The first-order valence-electron chi connectivity index (χ1n) is 3.28. The Morgan fingerprint density at radius 2 is 2.40 bits per heavy atom. The van der Waals surface area contributed by atoms with E-state index >= 15 is 0 Å². The molecule has 10 heavy (non-hydrogen) atoms. The van der Waals surface area contributed by atoms with Crippen LogP contribution < -0.4 is 5.73 Å². The average Bonchev–Trinajstić information content (AvgIpc) is 2.47. The van der Waals surface area contributed by atoms with E-state index in [2.05, 4.69) is 6.58 Å². The maximum absolute atomic E-state index is 10.3. The van der Waals surface area contributed by atoms with E-state index in [-0.39, 0.29) is 5.60 Å². The monoisotopic (exact) mass is 141 g/mol. The minimum atomic E-state index is -0.681. The molecule has 0 aliphatic heterocycles. The van der Waals surface area contributed by atoms with Crippen LogP contribution in [0.4, 0.5) is 4.79 Å².